The Balaban J connectivity index is 1.32. The van der Waals surface area contributed by atoms with Gasteiger partial charge in [0.15, 0.2) is 0 Å². The molecule has 0 bridgehead atoms. The number of nitrogens with zero attached hydrogens (tertiary/aromatic N) is 2. The number of hydrogen-bond acceptors (Lipinski definition) is 9. The first kappa shape index (κ1) is 36.1. The van der Waals surface area contributed by atoms with Crippen molar-refractivity contribution in [3.8, 4) is 17.2 Å². The van der Waals surface area contributed by atoms with E-state index in [0.717, 1.165) is 22.0 Å². The molecule has 0 radical (unpaired) electrons. The fraction of sp³-hybridized carbons (Fsp3) is 0.244. The topological polar surface area (TPSA) is 174 Å². The van der Waals surface area contributed by atoms with Gasteiger partial charge in [0.2, 0.25) is 11.8 Å². The molecule has 1 saturated carbocycles. The van der Waals surface area contributed by atoms with E-state index >= 15 is 4.79 Å². The van der Waals surface area contributed by atoms with E-state index in [2.05, 4.69) is 5.43 Å². The van der Waals surface area contributed by atoms with Crippen LogP contribution in [0.2, 0.25) is 10.0 Å². The lowest BCUT2D eigenvalue weighted by Gasteiger charge is -2.50. The number of rotatable bonds is 7. The number of carboxylic acid groups (broad SMARTS) is 1. The largest absolute Gasteiger partial charge is 0.507 e. The van der Waals surface area contributed by atoms with E-state index in [0.29, 0.717) is 33.0 Å². The number of carbonyl (C=O) groups excluding carboxylic acids is 4. The second-order valence-corrected chi connectivity index (χ2v) is 15.1. The van der Waals surface area contributed by atoms with Gasteiger partial charge < -0.3 is 20.1 Å². The smallest absolute Gasteiger partial charge is 0.339 e. The van der Waals surface area contributed by atoms with E-state index < -0.39 is 75.9 Å². The summed E-state index contributed by atoms with van der Waals surface area (Å²) in [6.07, 6.45) is 1.94. The zero-order chi connectivity index (χ0) is 39.1. The van der Waals surface area contributed by atoms with Crippen LogP contribution in [-0.4, -0.2) is 57.0 Å². The molecular formula is C41H33Cl2N3O9. The number of benzene rings is 4. The summed E-state index contributed by atoms with van der Waals surface area (Å²) in [6, 6.07) is 20.1. The van der Waals surface area contributed by atoms with Gasteiger partial charge in [0.25, 0.3) is 11.8 Å². The number of amides is 4. The number of halogens is 2. The maximum absolute atomic E-state index is 15.4. The van der Waals surface area contributed by atoms with Crippen molar-refractivity contribution < 1.29 is 44.0 Å². The Kier molecular flexibility index (Phi) is 8.66. The monoisotopic (exact) mass is 781 g/mol. The van der Waals surface area contributed by atoms with Crippen molar-refractivity contribution in [1.82, 2.24) is 5.01 Å². The van der Waals surface area contributed by atoms with Crippen LogP contribution in [0.15, 0.2) is 90.5 Å². The molecule has 280 valence electrons. The molecule has 6 atom stereocenters. The molecule has 3 fully saturated rings. The number of aromatic hydroxyl groups is 2. The number of imide groups is 2. The summed E-state index contributed by atoms with van der Waals surface area (Å²) in [5, 5.41) is 33.1. The minimum absolute atomic E-state index is 0.00653. The van der Waals surface area contributed by atoms with Crippen molar-refractivity contribution in [2.45, 2.75) is 31.1 Å². The van der Waals surface area contributed by atoms with Gasteiger partial charge in [-0.05, 0) is 79.3 Å². The first-order valence-corrected chi connectivity index (χ1v) is 18.2. The summed E-state index contributed by atoms with van der Waals surface area (Å²) in [5.41, 5.74) is 3.11. The molecule has 4 aromatic carbocycles. The van der Waals surface area contributed by atoms with Crippen LogP contribution in [0.3, 0.4) is 0 Å². The number of nitrogens with one attached hydrogen (secondary N) is 1. The number of aromatic carboxylic acids is 1. The van der Waals surface area contributed by atoms with E-state index in [-0.39, 0.29) is 35.0 Å². The van der Waals surface area contributed by atoms with Crippen LogP contribution in [0.5, 0.6) is 17.2 Å². The third-order valence-electron chi connectivity index (χ3n) is 11.6. The second kappa shape index (κ2) is 13.2. The fourth-order valence-electron chi connectivity index (χ4n) is 9.20. The van der Waals surface area contributed by atoms with Crippen molar-refractivity contribution in [3.05, 3.63) is 123 Å². The number of phenolic OH excluding ortho intramolecular Hbond substituents is 1. The van der Waals surface area contributed by atoms with Gasteiger partial charge >= 0.3 is 5.97 Å². The van der Waals surface area contributed by atoms with Gasteiger partial charge in [-0.1, -0.05) is 65.2 Å². The number of ether oxygens (including phenoxy) is 1. The van der Waals surface area contributed by atoms with Crippen LogP contribution in [0, 0.1) is 30.6 Å². The fourth-order valence-corrected chi connectivity index (χ4v) is 9.65. The van der Waals surface area contributed by atoms with Crippen molar-refractivity contribution in [1.29, 1.82) is 0 Å². The third-order valence-corrected chi connectivity index (χ3v) is 12.2. The molecule has 0 aromatic heterocycles. The average Bonchev–Trinajstić information content (AvgIpc) is 3.54. The Morgan fingerprint density at radius 3 is 2.33 bits per heavy atom. The van der Waals surface area contributed by atoms with Gasteiger partial charge in [-0.25, -0.2) is 9.69 Å². The highest BCUT2D eigenvalue weighted by molar-refractivity contribution is 6.36. The molecule has 4 N–H and O–H groups in total. The lowest BCUT2D eigenvalue weighted by atomic mass is 9.49. The molecule has 8 rings (SSSR count). The number of hydrazine groups is 1. The maximum atomic E-state index is 15.4. The van der Waals surface area contributed by atoms with Crippen LogP contribution in [0.25, 0.3) is 0 Å². The Bertz CT molecular complexity index is 2380. The van der Waals surface area contributed by atoms with Gasteiger partial charge in [0.05, 0.1) is 46.7 Å². The molecule has 2 saturated heterocycles. The van der Waals surface area contributed by atoms with Gasteiger partial charge in [0.1, 0.15) is 22.8 Å². The number of phenols is 2. The second-order valence-electron chi connectivity index (χ2n) is 14.2. The SMILES string of the molecule is COc1ccc([C@@]23C(=O)N(Nc4ccc(Cl)cc4Cl)C(=O)[C@@H]2C[C@@H]2C(=CC[C@@H]4C(=O)N(c5ccc(C(=O)O)c(O)c5)C(=O)[C@@H]42)[C@@H]3c2cccc(C)c2O)cc1. The molecule has 14 heteroatoms. The van der Waals surface area contributed by atoms with Gasteiger partial charge in [0, 0.05) is 22.6 Å². The van der Waals surface area contributed by atoms with Gasteiger partial charge in [-0.15, -0.1) is 0 Å². The Labute approximate surface area is 324 Å². The molecule has 4 aromatic rings. The number of hydrogen-bond donors (Lipinski definition) is 4. The molecule has 0 spiro atoms. The number of carbonyl (C=O) groups is 5. The molecule has 2 aliphatic heterocycles. The molecule has 12 nitrogen and oxygen atoms in total. The zero-order valence-electron chi connectivity index (χ0n) is 29.3. The maximum Gasteiger partial charge on any atom is 0.339 e. The molecular weight excluding hydrogens is 749 g/mol. The van der Waals surface area contributed by atoms with Gasteiger partial charge in [-0.3, -0.25) is 24.6 Å². The number of methoxy groups -OCH3 is 1. The average molecular weight is 783 g/mol. The summed E-state index contributed by atoms with van der Waals surface area (Å²) >= 11 is 12.7. The lowest BCUT2D eigenvalue weighted by Crippen LogP contribution is -2.53. The van der Waals surface area contributed by atoms with E-state index in [4.69, 9.17) is 27.9 Å². The van der Waals surface area contributed by atoms with Crippen molar-refractivity contribution in [2.75, 3.05) is 17.4 Å². The predicted molar refractivity (Wildman–Crippen MR) is 201 cm³/mol. The summed E-state index contributed by atoms with van der Waals surface area (Å²) in [6.45, 7) is 1.72. The van der Waals surface area contributed by atoms with Crippen LogP contribution in [-0.2, 0) is 24.6 Å². The van der Waals surface area contributed by atoms with E-state index in [1.165, 1.54) is 19.2 Å². The number of allylic oxidation sites excluding steroid dienone is 2. The number of aryl methyl sites for hydroxylation is 1. The quantitative estimate of drug-likeness (QED) is 0.118. The molecule has 4 aliphatic rings. The van der Waals surface area contributed by atoms with Crippen LogP contribution >= 0.6 is 23.2 Å². The summed E-state index contributed by atoms with van der Waals surface area (Å²) in [4.78, 5) is 71.5. The Hall–Kier alpha value is -5.85. The predicted octanol–water partition coefficient (Wildman–Crippen LogP) is 6.61. The number of fused-ring (bicyclic) bond motifs is 4. The Morgan fingerprint density at radius 2 is 1.65 bits per heavy atom. The summed E-state index contributed by atoms with van der Waals surface area (Å²) < 4.78 is 5.44. The number of carboxylic acids is 1. The van der Waals surface area contributed by atoms with Crippen molar-refractivity contribution in [3.63, 3.8) is 0 Å². The standard InChI is InChI=1S/C41H33Cl2N3O9/c1-19-4-3-5-27(35(19)48)34-24-13-14-26-33(38(51)45(36(26)49)22-9-12-25(39(52)53)32(47)17-22)28(24)18-29-37(50)46(44-31-15-8-21(42)16-30(31)43)40(54)41(29,34)20-6-10-23(55-2)11-7-20/h3-13,15-17,26,28-29,33-34,44,47-48H,14,18H2,1-2H3,(H,52,53)/t26-,28+,29-,33-,34+,41+/m0/s1. The first-order valence-electron chi connectivity index (χ1n) is 17.5. The first-order chi connectivity index (χ1) is 26.3. The summed E-state index contributed by atoms with van der Waals surface area (Å²) in [7, 11) is 1.51. The zero-order valence-corrected chi connectivity index (χ0v) is 30.8. The van der Waals surface area contributed by atoms with Crippen molar-refractivity contribution in [2.24, 2.45) is 23.7 Å². The van der Waals surface area contributed by atoms with Gasteiger partial charge in [-0.2, -0.15) is 5.01 Å². The molecule has 0 unspecified atom stereocenters. The lowest BCUT2D eigenvalue weighted by molar-refractivity contribution is -0.138. The van der Waals surface area contributed by atoms with E-state index in [1.807, 2.05) is 6.08 Å². The normalized spacial score (nSPS) is 25.7. The third kappa shape index (κ3) is 5.30. The van der Waals surface area contributed by atoms with Crippen LogP contribution < -0.4 is 15.1 Å². The highest BCUT2D eigenvalue weighted by Crippen LogP contribution is 2.65. The molecule has 2 aliphatic carbocycles. The minimum atomic E-state index is -1.67. The highest BCUT2D eigenvalue weighted by Gasteiger charge is 2.70. The number of anilines is 2. The molecule has 2 heterocycles. The van der Waals surface area contributed by atoms with E-state index in [1.54, 1.807) is 61.5 Å². The van der Waals surface area contributed by atoms with Crippen LogP contribution in [0.4, 0.5) is 11.4 Å². The molecule has 55 heavy (non-hydrogen) atoms. The Morgan fingerprint density at radius 1 is 0.909 bits per heavy atom. The highest BCUT2D eigenvalue weighted by atomic mass is 35.5. The minimum Gasteiger partial charge on any atom is -0.507 e. The van der Waals surface area contributed by atoms with Crippen molar-refractivity contribution >= 4 is 64.2 Å². The number of para-hydroxylation sites is 1. The summed E-state index contributed by atoms with van der Waals surface area (Å²) in [5.74, 6) is -8.59. The van der Waals surface area contributed by atoms with Crippen LogP contribution in [0.1, 0.15) is 45.8 Å². The molecule has 4 amide bonds. The van der Waals surface area contributed by atoms with E-state index in [9.17, 15) is 34.5 Å².